The second kappa shape index (κ2) is 15.4. The lowest BCUT2D eigenvalue weighted by molar-refractivity contribution is -0.140. The number of carboxylic acid groups (broad SMARTS) is 1. The molecule has 0 atom stereocenters. The number of methoxy groups -OCH3 is 1. The van der Waals surface area contributed by atoms with E-state index < -0.39 is 31.6 Å². The molecule has 0 aromatic carbocycles. The van der Waals surface area contributed by atoms with E-state index in [9.17, 15) is 38.9 Å². The number of carbonyl (C=O) groups excluding carboxylic acids is 2. The lowest BCUT2D eigenvalue weighted by Crippen LogP contribution is -2.28. The summed E-state index contributed by atoms with van der Waals surface area (Å²) >= 11 is 0. The van der Waals surface area contributed by atoms with E-state index in [4.69, 9.17) is 19.7 Å². The molecule has 1 amide bonds. The molecule has 0 aliphatic carbocycles. The van der Waals surface area contributed by atoms with Crippen molar-refractivity contribution >= 4 is 60.5 Å². The summed E-state index contributed by atoms with van der Waals surface area (Å²) in [6.45, 7) is 10.9. The molecular weight excluding hydrogens is 701 g/mol. The molecule has 280 valence electrons. The average Bonchev–Trinajstić information content (AvgIpc) is 3.77. The molecule has 1 aromatic heterocycles. The number of ether oxygens (including phenoxy) is 1. The highest BCUT2D eigenvalue weighted by Gasteiger charge is 2.35. The third-order valence-electron chi connectivity index (χ3n) is 9.69. The van der Waals surface area contributed by atoms with Crippen LogP contribution in [-0.2, 0) is 23.7 Å². The van der Waals surface area contributed by atoms with Gasteiger partial charge in [-0.3, -0.25) is 18.9 Å². The van der Waals surface area contributed by atoms with Gasteiger partial charge in [-0.25, -0.2) is 15.0 Å². The van der Waals surface area contributed by atoms with Crippen molar-refractivity contribution < 1.29 is 43.7 Å². The zero-order valence-corrected chi connectivity index (χ0v) is 31.7. The van der Waals surface area contributed by atoms with Crippen LogP contribution in [0, 0.1) is 6.92 Å². The number of rotatable bonds is 11. The van der Waals surface area contributed by atoms with E-state index in [1.165, 1.54) is 7.11 Å². The van der Waals surface area contributed by atoms with Crippen LogP contribution >= 0.6 is 7.60 Å². The van der Waals surface area contributed by atoms with Crippen LogP contribution in [-0.4, -0.2) is 79.8 Å². The monoisotopic (exact) mass is 745 g/mol. The Morgan fingerprint density at radius 2 is 1.60 bits per heavy atom. The summed E-state index contributed by atoms with van der Waals surface area (Å²) in [6.07, 6.45) is 5.14. The Morgan fingerprint density at radius 1 is 0.906 bits per heavy atom. The number of H-pyrrole nitrogens is 1. The van der Waals surface area contributed by atoms with Gasteiger partial charge in [0.2, 0.25) is 0 Å². The number of aliphatic carboxylic acids is 1. The Kier molecular flexibility index (Phi) is 11.4. The van der Waals surface area contributed by atoms with Gasteiger partial charge < -0.3 is 35.0 Å². The first-order chi connectivity index (χ1) is 24.9. The standard InChI is InChI=1S/C38H44N5O9P/c1-8-23-18(2)26-17-31-34(22(6)44)20(4)28(41-31)15-27-19(3)24(10-11-32(45)46)36(42-27)25(14-33(47)52-7)37-35(21(5)29(43-37)16-30(23)40-26)38(48)39-12-9-13-53(49,50)51/h15-17,41,44H,8-14H2,1-7H3,(H,39,48)(H,45,46)(H2,49,50,51)/b27-15?,30-16?,31-17?,34-22-,37-25?. The number of hydrogen-bond acceptors (Lipinski definition) is 9. The molecule has 4 aliphatic rings. The number of esters is 1. The number of aromatic amines is 1. The molecule has 0 unspecified atom stereocenters. The maximum absolute atomic E-state index is 14.0. The predicted molar refractivity (Wildman–Crippen MR) is 203 cm³/mol. The Labute approximate surface area is 306 Å². The van der Waals surface area contributed by atoms with Gasteiger partial charge in [0.25, 0.3) is 5.91 Å². The van der Waals surface area contributed by atoms with Gasteiger partial charge in [0.15, 0.2) is 0 Å². The molecule has 14 nitrogen and oxygen atoms in total. The maximum atomic E-state index is 14.0. The van der Waals surface area contributed by atoms with E-state index in [0.717, 1.165) is 16.7 Å². The zero-order valence-electron chi connectivity index (χ0n) is 30.8. The summed E-state index contributed by atoms with van der Waals surface area (Å²) in [5.41, 5.74) is 7.88. The number of carbonyl (C=O) groups is 3. The van der Waals surface area contributed by atoms with Gasteiger partial charge >= 0.3 is 19.5 Å². The highest BCUT2D eigenvalue weighted by molar-refractivity contribution is 7.51. The lowest BCUT2D eigenvalue weighted by Gasteiger charge is -2.15. The number of fused-ring (bicyclic) bond motifs is 5. The number of nitrogens with zero attached hydrogens (tertiary/aromatic N) is 3. The van der Waals surface area contributed by atoms with Crippen molar-refractivity contribution in [2.75, 3.05) is 19.8 Å². The highest BCUT2D eigenvalue weighted by Crippen LogP contribution is 2.39. The molecule has 8 bridgehead atoms. The first kappa shape index (κ1) is 39.0. The Hall–Kier alpha value is -5.17. The van der Waals surface area contributed by atoms with Crippen LogP contribution in [0.15, 0.2) is 77.2 Å². The summed E-state index contributed by atoms with van der Waals surface area (Å²) in [6, 6.07) is 0. The normalized spacial score (nSPS) is 17.7. The van der Waals surface area contributed by atoms with Gasteiger partial charge in [-0.2, -0.15) is 0 Å². The molecule has 5 rings (SSSR count). The van der Waals surface area contributed by atoms with Crippen LogP contribution in [0.25, 0.3) is 17.9 Å². The van der Waals surface area contributed by atoms with Crippen LogP contribution in [0.1, 0.15) is 78.0 Å². The van der Waals surface area contributed by atoms with Gasteiger partial charge in [-0.1, -0.05) is 6.92 Å². The quantitative estimate of drug-likeness (QED) is 0.109. The largest absolute Gasteiger partial charge is 0.512 e. The summed E-state index contributed by atoms with van der Waals surface area (Å²) in [5.74, 6) is -2.15. The number of amides is 1. The zero-order chi connectivity index (χ0) is 38.9. The van der Waals surface area contributed by atoms with E-state index in [0.29, 0.717) is 62.2 Å². The first-order valence-corrected chi connectivity index (χ1v) is 19.0. The van der Waals surface area contributed by atoms with Crippen LogP contribution in [0.3, 0.4) is 0 Å². The second-order valence-electron chi connectivity index (χ2n) is 13.2. The molecule has 6 N–H and O–H groups in total. The minimum absolute atomic E-state index is 0.0171. The van der Waals surface area contributed by atoms with Crippen molar-refractivity contribution in [2.45, 2.75) is 73.6 Å². The second-order valence-corrected chi connectivity index (χ2v) is 15.0. The SMILES string of the molecule is CCC1=C(C)C2=NC1=CC1=NC(=C(CC(=O)OC)C3=NC(=Cc4[nH]c(/c(=C(/C)O)c4C)=C2)C(C)=C3CCC(=O)O)C(C(=O)NCCCP(=O)(O)O)=C1C. The fraction of sp³-hybridized carbons (Fsp3) is 0.368. The van der Waals surface area contributed by atoms with Gasteiger partial charge in [0, 0.05) is 29.5 Å². The minimum Gasteiger partial charge on any atom is -0.512 e. The number of aromatic nitrogens is 1. The predicted octanol–water partition coefficient (Wildman–Crippen LogP) is 4.12. The molecule has 4 aliphatic heterocycles. The molecule has 0 saturated heterocycles. The van der Waals surface area contributed by atoms with Gasteiger partial charge in [-0.15, -0.1) is 0 Å². The molecule has 0 saturated carbocycles. The molecule has 53 heavy (non-hydrogen) atoms. The van der Waals surface area contributed by atoms with Crippen LogP contribution < -0.4 is 15.9 Å². The molecular formula is C38H44N5O9P. The van der Waals surface area contributed by atoms with E-state index in [1.807, 2.05) is 26.8 Å². The van der Waals surface area contributed by atoms with Gasteiger partial charge in [-0.05, 0) is 106 Å². The Balaban J connectivity index is 1.87. The molecule has 0 spiro atoms. The fourth-order valence-corrected chi connectivity index (χ4v) is 7.47. The number of hydrogen-bond donors (Lipinski definition) is 6. The number of aliphatic hydroxyl groups excluding tert-OH is 1. The Morgan fingerprint density at radius 3 is 2.23 bits per heavy atom. The summed E-state index contributed by atoms with van der Waals surface area (Å²) in [5, 5.41) is 24.5. The minimum atomic E-state index is -4.29. The number of aliphatic hydroxyl groups is 1. The smallest absolute Gasteiger partial charge is 0.325 e. The van der Waals surface area contributed by atoms with Gasteiger partial charge in [0.05, 0.1) is 70.6 Å². The number of allylic oxidation sites excluding steroid dienone is 6. The summed E-state index contributed by atoms with van der Waals surface area (Å²) in [7, 11) is -3.06. The average molecular weight is 746 g/mol. The van der Waals surface area contributed by atoms with E-state index >= 15 is 0 Å². The maximum Gasteiger partial charge on any atom is 0.325 e. The van der Waals surface area contributed by atoms with Crippen LogP contribution in [0.4, 0.5) is 0 Å². The molecule has 5 heterocycles. The van der Waals surface area contributed by atoms with Crippen molar-refractivity contribution in [2.24, 2.45) is 15.0 Å². The number of nitrogens with one attached hydrogen (secondary N) is 2. The highest BCUT2D eigenvalue weighted by atomic mass is 31.2. The molecule has 0 fully saturated rings. The van der Waals surface area contributed by atoms with Crippen molar-refractivity contribution in [1.29, 1.82) is 0 Å². The van der Waals surface area contributed by atoms with Crippen molar-refractivity contribution in [3.05, 3.63) is 84.0 Å². The Bertz CT molecular complexity index is 2300. The van der Waals surface area contributed by atoms with Crippen molar-refractivity contribution in [1.82, 2.24) is 10.3 Å². The van der Waals surface area contributed by atoms with E-state index in [1.54, 1.807) is 32.9 Å². The topological polar surface area (TPSA) is 223 Å². The molecule has 0 radical (unpaired) electrons. The number of carboxylic acids is 1. The number of aliphatic imine (C=N–C) groups is 3. The third kappa shape index (κ3) is 8.09. The van der Waals surface area contributed by atoms with E-state index in [-0.39, 0.29) is 60.5 Å². The van der Waals surface area contributed by atoms with Crippen LogP contribution in [0.5, 0.6) is 0 Å². The molecule has 15 heteroatoms. The molecule has 1 aromatic rings. The lowest BCUT2D eigenvalue weighted by atomic mass is 9.90. The summed E-state index contributed by atoms with van der Waals surface area (Å²) in [4.78, 5) is 76.0. The van der Waals surface area contributed by atoms with E-state index in [2.05, 4.69) is 10.3 Å². The van der Waals surface area contributed by atoms with Crippen LogP contribution in [0.2, 0.25) is 0 Å². The van der Waals surface area contributed by atoms with Gasteiger partial charge in [0.1, 0.15) is 0 Å². The fourth-order valence-electron chi connectivity index (χ4n) is 6.90. The van der Waals surface area contributed by atoms with Crippen molar-refractivity contribution in [3.8, 4) is 0 Å². The summed E-state index contributed by atoms with van der Waals surface area (Å²) < 4.78 is 16.6. The first-order valence-electron chi connectivity index (χ1n) is 17.2. The third-order valence-corrected chi connectivity index (χ3v) is 10.6. The van der Waals surface area contributed by atoms with Crippen molar-refractivity contribution in [3.63, 3.8) is 0 Å².